The first kappa shape index (κ1) is 13.8. The number of rotatable bonds is 3. The molecule has 4 nitrogen and oxygen atoms in total. The molecule has 104 valence electrons. The number of carbonyl (C=O) groups is 1. The van der Waals surface area contributed by atoms with Gasteiger partial charge in [-0.3, -0.25) is 4.79 Å². The summed E-state index contributed by atoms with van der Waals surface area (Å²) < 4.78 is 0. The van der Waals surface area contributed by atoms with Gasteiger partial charge in [0, 0.05) is 25.6 Å². The molecule has 0 N–H and O–H groups in total. The summed E-state index contributed by atoms with van der Waals surface area (Å²) in [6.45, 7) is 5.21. The molecule has 0 aromatic carbocycles. The van der Waals surface area contributed by atoms with Crippen LogP contribution in [0.5, 0.6) is 0 Å². The lowest BCUT2D eigenvalue weighted by Crippen LogP contribution is -2.41. The quantitative estimate of drug-likeness (QED) is 0.742. The lowest BCUT2D eigenvalue weighted by Gasteiger charge is -2.31. The van der Waals surface area contributed by atoms with Crippen molar-refractivity contribution < 1.29 is 4.79 Å². The van der Waals surface area contributed by atoms with Crippen molar-refractivity contribution >= 4 is 5.91 Å². The number of likely N-dealkylation sites (tertiary alicyclic amines) is 2. The van der Waals surface area contributed by atoms with Crippen LogP contribution in [0.15, 0.2) is 0 Å². The Morgan fingerprint density at radius 1 is 1.17 bits per heavy atom. The zero-order valence-electron chi connectivity index (χ0n) is 12.1. The Morgan fingerprint density at radius 2 is 1.83 bits per heavy atom. The van der Waals surface area contributed by atoms with Gasteiger partial charge in [0.1, 0.15) is 0 Å². The standard InChI is InChI=1S/C14H27N3O/c1-15(2)10-12-4-9-17(11-12)14(18)13-5-7-16(3)8-6-13/h12-13H,4-11H2,1-3H3. The van der Waals surface area contributed by atoms with Gasteiger partial charge < -0.3 is 14.7 Å². The first-order chi connectivity index (χ1) is 8.56. The fourth-order valence-corrected chi connectivity index (χ4v) is 3.21. The molecule has 0 saturated carbocycles. The van der Waals surface area contributed by atoms with Gasteiger partial charge >= 0.3 is 0 Å². The predicted molar refractivity (Wildman–Crippen MR) is 73.5 cm³/mol. The molecule has 0 aliphatic carbocycles. The Morgan fingerprint density at radius 3 is 2.44 bits per heavy atom. The van der Waals surface area contributed by atoms with Crippen molar-refractivity contribution in [2.75, 3.05) is 53.9 Å². The summed E-state index contributed by atoms with van der Waals surface area (Å²) in [5.41, 5.74) is 0. The predicted octanol–water partition coefficient (Wildman–Crippen LogP) is 0.738. The zero-order chi connectivity index (χ0) is 13.1. The van der Waals surface area contributed by atoms with Crippen molar-refractivity contribution in [1.82, 2.24) is 14.7 Å². The van der Waals surface area contributed by atoms with E-state index < -0.39 is 0 Å². The molecule has 2 fully saturated rings. The Kier molecular flexibility index (Phi) is 4.62. The highest BCUT2D eigenvalue weighted by molar-refractivity contribution is 5.79. The fraction of sp³-hybridized carbons (Fsp3) is 0.929. The van der Waals surface area contributed by atoms with E-state index in [1.165, 1.54) is 6.42 Å². The van der Waals surface area contributed by atoms with Crippen LogP contribution in [0.25, 0.3) is 0 Å². The second-order valence-corrected chi connectivity index (χ2v) is 6.28. The number of amides is 1. The lowest BCUT2D eigenvalue weighted by molar-refractivity contribution is -0.136. The molecular formula is C14H27N3O. The van der Waals surface area contributed by atoms with Crippen molar-refractivity contribution in [3.8, 4) is 0 Å². The Labute approximate surface area is 111 Å². The number of nitrogens with zero attached hydrogens (tertiary/aromatic N) is 3. The molecule has 2 aliphatic rings. The molecule has 18 heavy (non-hydrogen) atoms. The summed E-state index contributed by atoms with van der Waals surface area (Å²) in [5, 5.41) is 0. The van der Waals surface area contributed by atoms with Gasteiger partial charge in [-0.05, 0) is 59.4 Å². The Bertz CT molecular complexity index is 285. The van der Waals surface area contributed by atoms with Gasteiger partial charge in [0.2, 0.25) is 5.91 Å². The number of carbonyl (C=O) groups excluding carboxylic acids is 1. The van der Waals surface area contributed by atoms with Gasteiger partial charge in [0.15, 0.2) is 0 Å². The highest BCUT2D eigenvalue weighted by Crippen LogP contribution is 2.23. The SMILES string of the molecule is CN(C)CC1CCN(C(=O)C2CCN(C)CC2)C1. The third kappa shape index (κ3) is 3.45. The molecule has 1 unspecified atom stereocenters. The van der Waals surface area contributed by atoms with Crippen LogP contribution in [-0.4, -0.2) is 74.5 Å². The normalized spacial score (nSPS) is 27.1. The van der Waals surface area contributed by atoms with Crippen molar-refractivity contribution in [2.45, 2.75) is 19.3 Å². The van der Waals surface area contributed by atoms with E-state index in [0.717, 1.165) is 45.6 Å². The largest absolute Gasteiger partial charge is 0.342 e. The average Bonchev–Trinajstić information content (AvgIpc) is 2.76. The van der Waals surface area contributed by atoms with Crippen LogP contribution in [-0.2, 0) is 4.79 Å². The summed E-state index contributed by atoms with van der Waals surface area (Å²) >= 11 is 0. The molecular weight excluding hydrogens is 226 g/mol. The lowest BCUT2D eigenvalue weighted by atomic mass is 9.96. The van der Waals surface area contributed by atoms with Gasteiger partial charge in [-0.1, -0.05) is 0 Å². The molecule has 1 atom stereocenters. The van der Waals surface area contributed by atoms with Gasteiger partial charge in [0.05, 0.1) is 0 Å². The second-order valence-electron chi connectivity index (χ2n) is 6.28. The van der Waals surface area contributed by atoms with Crippen LogP contribution in [0.3, 0.4) is 0 Å². The number of hydrogen-bond acceptors (Lipinski definition) is 3. The van der Waals surface area contributed by atoms with E-state index in [2.05, 4.69) is 35.8 Å². The monoisotopic (exact) mass is 253 g/mol. The van der Waals surface area contributed by atoms with Gasteiger partial charge in [0.25, 0.3) is 0 Å². The molecule has 0 aromatic rings. The van der Waals surface area contributed by atoms with Crippen LogP contribution >= 0.6 is 0 Å². The van der Waals surface area contributed by atoms with E-state index >= 15 is 0 Å². The summed E-state index contributed by atoms with van der Waals surface area (Å²) in [4.78, 5) is 19.1. The summed E-state index contributed by atoms with van der Waals surface area (Å²) in [5.74, 6) is 1.39. The number of piperidine rings is 1. The highest BCUT2D eigenvalue weighted by atomic mass is 16.2. The molecule has 2 aliphatic heterocycles. The van der Waals surface area contributed by atoms with Crippen molar-refractivity contribution in [3.05, 3.63) is 0 Å². The first-order valence-corrected chi connectivity index (χ1v) is 7.18. The van der Waals surface area contributed by atoms with E-state index in [0.29, 0.717) is 17.7 Å². The highest BCUT2D eigenvalue weighted by Gasteiger charge is 2.32. The fourth-order valence-electron chi connectivity index (χ4n) is 3.21. The second kappa shape index (κ2) is 6.02. The molecule has 2 heterocycles. The van der Waals surface area contributed by atoms with Crippen molar-refractivity contribution in [3.63, 3.8) is 0 Å². The van der Waals surface area contributed by atoms with E-state index in [4.69, 9.17) is 0 Å². The van der Waals surface area contributed by atoms with Crippen molar-refractivity contribution in [2.24, 2.45) is 11.8 Å². The molecule has 2 saturated heterocycles. The minimum absolute atomic E-state index is 0.291. The molecule has 0 aromatic heterocycles. The van der Waals surface area contributed by atoms with E-state index in [1.54, 1.807) is 0 Å². The Balaban J connectivity index is 1.80. The van der Waals surface area contributed by atoms with Gasteiger partial charge in [-0.25, -0.2) is 0 Å². The summed E-state index contributed by atoms with van der Waals surface area (Å²) in [7, 11) is 6.37. The number of hydrogen-bond donors (Lipinski definition) is 0. The Hall–Kier alpha value is -0.610. The molecule has 0 spiro atoms. The van der Waals surface area contributed by atoms with E-state index in [-0.39, 0.29) is 0 Å². The van der Waals surface area contributed by atoms with Crippen LogP contribution in [0.4, 0.5) is 0 Å². The first-order valence-electron chi connectivity index (χ1n) is 7.18. The van der Waals surface area contributed by atoms with Gasteiger partial charge in [-0.15, -0.1) is 0 Å². The molecule has 1 amide bonds. The summed E-state index contributed by atoms with van der Waals surface area (Å²) in [6, 6.07) is 0. The minimum Gasteiger partial charge on any atom is -0.342 e. The van der Waals surface area contributed by atoms with E-state index in [1.807, 2.05) is 0 Å². The third-order valence-corrected chi connectivity index (χ3v) is 4.29. The van der Waals surface area contributed by atoms with Crippen LogP contribution < -0.4 is 0 Å². The molecule has 0 bridgehead atoms. The molecule has 4 heteroatoms. The van der Waals surface area contributed by atoms with E-state index in [9.17, 15) is 4.79 Å². The smallest absolute Gasteiger partial charge is 0.225 e. The molecule has 0 radical (unpaired) electrons. The average molecular weight is 253 g/mol. The maximum atomic E-state index is 12.4. The van der Waals surface area contributed by atoms with Crippen LogP contribution in [0.2, 0.25) is 0 Å². The topological polar surface area (TPSA) is 26.8 Å². The van der Waals surface area contributed by atoms with Gasteiger partial charge in [-0.2, -0.15) is 0 Å². The van der Waals surface area contributed by atoms with Crippen LogP contribution in [0.1, 0.15) is 19.3 Å². The summed E-state index contributed by atoms with van der Waals surface area (Å²) in [6.07, 6.45) is 3.27. The maximum Gasteiger partial charge on any atom is 0.225 e. The minimum atomic E-state index is 0.291. The molecule has 2 rings (SSSR count). The van der Waals surface area contributed by atoms with Crippen molar-refractivity contribution in [1.29, 1.82) is 0 Å². The third-order valence-electron chi connectivity index (χ3n) is 4.29. The maximum absolute atomic E-state index is 12.4. The van der Waals surface area contributed by atoms with Crippen LogP contribution in [0, 0.1) is 11.8 Å². The zero-order valence-corrected chi connectivity index (χ0v) is 12.1.